The van der Waals surface area contributed by atoms with Crippen molar-refractivity contribution >= 4 is 10.0 Å². The van der Waals surface area contributed by atoms with E-state index in [1.807, 2.05) is 0 Å². The van der Waals surface area contributed by atoms with Crippen molar-refractivity contribution in [3.63, 3.8) is 0 Å². The van der Waals surface area contributed by atoms with Gasteiger partial charge >= 0.3 is 0 Å². The molecule has 1 aromatic heterocycles. The van der Waals surface area contributed by atoms with Crippen molar-refractivity contribution in [1.29, 1.82) is 0 Å². The number of hydrogen-bond acceptors (Lipinski definition) is 4. The molecular formula is C12H20N4O2S. The lowest BCUT2D eigenvalue weighted by molar-refractivity contribution is 0.502. The molecule has 1 aromatic rings. The Kier molecular flexibility index (Phi) is 6.02. The molecule has 0 aliphatic rings. The number of nitrogens with zero attached hydrogens (tertiary/aromatic N) is 3. The normalized spacial score (nSPS) is 11.7. The van der Waals surface area contributed by atoms with Gasteiger partial charge in [-0.3, -0.25) is 4.68 Å². The van der Waals surface area contributed by atoms with E-state index in [9.17, 15) is 8.42 Å². The van der Waals surface area contributed by atoms with Crippen LogP contribution in [0.4, 0.5) is 0 Å². The predicted octanol–water partition coefficient (Wildman–Crippen LogP) is 0.136. The standard InChI is InChI=1S/C12H20N4O2S/c1-4-6-13-7-9-16-11-12(10-14-16)19(17,18)15(3)8-5-2/h2,10-11,13H,4,6-9H2,1,3H3. The average Bonchev–Trinajstić information content (AvgIpc) is 2.84. The van der Waals surface area contributed by atoms with Crippen LogP contribution in [-0.2, 0) is 16.6 Å². The second-order valence-corrected chi connectivity index (χ2v) is 6.20. The van der Waals surface area contributed by atoms with E-state index >= 15 is 0 Å². The van der Waals surface area contributed by atoms with Gasteiger partial charge in [-0.15, -0.1) is 6.42 Å². The first-order valence-electron chi connectivity index (χ1n) is 6.15. The molecule has 7 heteroatoms. The van der Waals surface area contributed by atoms with Gasteiger partial charge in [-0.05, 0) is 13.0 Å². The van der Waals surface area contributed by atoms with Gasteiger partial charge in [0, 0.05) is 19.8 Å². The smallest absolute Gasteiger partial charge is 0.246 e. The molecule has 0 bridgehead atoms. The Labute approximate surface area is 114 Å². The maximum absolute atomic E-state index is 12.1. The highest BCUT2D eigenvalue weighted by Crippen LogP contribution is 2.12. The molecule has 0 radical (unpaired) electrons. The van der Waals surface area contributed by atoms with E-state index in [1.54, 1.807) is 4.68 Å². The van der Waals surface area contributed by atoms with Crippen molar-refractivity contribution in [1.82, 2.24) is 19.4 Å². The monoisotopic (exact) mass is 284 g/mol. The van der Waals surface area contributed by atoms with E-state index in [0.717, 1.165) is 23.8 Å². The van der Waals surface area contributed by atoms with Gasteiger partial charge in [0.05, 0.1) is 19.3 Å². The molecule has 106 valence electrons. The van der Waals surface area contributed by atoms with Gasteiger partial charge in [0.1, 0.15) is 4.90 Å². The largest absolute Gasteiger partial charge is 0.315 e. The summed E-state index contributed by atoms with van der Waals surface area (Å²) in [5.41, 5.74) is 0. The SMILES string of the molecule is C#CCN(C)S(=O)(=O)c1cnn(CCNCCC)c1. The molecule has 0 atom stereocenters. The van der Waals surface area contributed by atoms with Crippen molar-refractivity contribution in [3.8, 4) is 12.3 Å². The Morgan fingerprint density at radius 2 is 2.26 bits per heavy atom. The summed E-state index contributed by atoms with van der Waals surface area (Å²) in [7, 11) is -2.07. The third-order valence-electron chi connectivity index (χ3n) is 2.58. The van der Waals surface area contributed by atoms with Crippen LogP contribution in [0.5, 0.6) is 0 Å². The number of sulfonamides is 1. The van der Waals surface area contributed by atoms with E-state index in [2.05, 4.69) is 23.3 Å². The maximum Gasteiger partial charge on any atom is 0.246 e. The highest BCUT2D eigenvalue weighted by atomic mass is 32.2. The lowest BCUT2D eigenvalue weighted by Gasteiger charge is -2.12. The summed E-state index contributed by atoms with van der Waals surface area (Å²) in [5, 5.41) is 7.27. The third kappa shape index (κ3) is 4.35. The zero-order chi connectivity index (χ0) is 14.3. The highest BCUT2D eigenvalue weighted by molar-refractivity contribution is 7.89. The molecule has 19 heavy (non-hydrogen) atoms. The maximum atomic E-state index is 12.1. The van der Waals surface area contributed by atoms with Crippen molar-refractivity contribution < 1.29 is 8.42 Å². The first-order valence-corrected chi connectivity index (χ1v) is 7.59. The van der Waals surface area contributed by atoms with E-state index in [4.69, 9.17) is 6.42 Å². The molecule has 1 N–H and O–H groups in total. The fraction of sp³-hybridized carbons (Fsp3) is 0.583. The number of nitrogens with one attached hydrogen (secondary N) is 1. The third-order valence-corrected chi connectivity index (χ3v) is 4.33. The van der Waals surface area contributed by atoms with Crippen LogP contribution in [0.2, 0.25) is 0 Å². The Morgan fingerprint density at radius 3 is 2.89 bits per heavy atom. The Balaban J connectivity index is 2.66. The first-order chi connectivity index (χ1) is 9.02. The Hall–Kier alpha value is -1.36. The minimum atomic E-state index is -3.53. The summed E-state index contributed by atoms with van der Waals surface area (Å²) in [6.07, 6.45) is 9.06. The summed E-state index contributed by atoms with van der Waals surface area (Å²) < 4.78 is 26.9. The Morgan fingerprint density at radius 1 is 1.53 bits per heavy atom. The summed E-state index contributed by atoms with van der Waals surface area (Å²) >= 11 is 0. The van der Waals surface area contributed by atoms with Crippen LogP contribution in [-0.4, -0.2) is 49.2 Å². The molecule has 0 spiro atoms. The van der Waals surface area contributed by atoms with Crippen LogP contribution in [0.1, 0.15) is 13.3 Å². The van der Waals surface area contributed by atoms with Gasteiger partial charge in [0.15, 0.2) is 0 Å². The average molecular weight is 284 g/mol. The number of hydrogen-bond donors (Lipinski definition) is 1. The Bertz CT molecular complexity index is 530. The fourth-order valence-corrected chi connectivity index (χ4v) is 2.53. The minimum Gasteiger partial charge on any atom is -0.315 e. The summed E-state index contributed by atoms with van der Waals surface area (Å²) in [6, 6.07) is 0. The van der Waals surface area contributed by atoms with Crippen molar-refractivity contribution in [2.45, 2.75) is 24.8 Å². The van der Waals surface area contributed by atoms with Crippen LogP contribution in [0.3, 0.4) is 0 Å². The van der Waals surface area contributed by atoms with Gasteiger partial charge in [-0.1, -0.05) is 12.8 Å². The van der Waals surface area contributed by atoms with E-state index < -0.39 is 10.0 Å². The van der Waals surface area contributed by atoms with Gasteiger partial charge in [-0.2, -0.15) is 9.40 Å². The molecule has 0 unspecified atom stereocenters. The molecule has 1 heterocycles. The molecule has 0 aliphatic heterocycles. The number of aromatic nitrogens is 2. The molecule has 0 amide bonds. The molecule has 0 aliphatic carbocycles. The highest BCUT2D eigenvalue weighted by Gasteiger charge is 2.21. The van der Waals surface area contributed by atoms with E-state index in [-0.39, 0.29) is 11.4 Å². The minimum absolute atomic E-state index is 0.0472. The van der Waals surface area contributed by atoms with E-state index in [0.29, 0.717) is 6.54 Å². The molecule has 0 fully saturated rings. The summed E-state index contributed by atoms with van der Waals surface area (Å²) in [6.45, 7) is 4.47. The van der Waals surface area contributed by atoms with Gasteiger partial charge < -0.3 is 5.32 Å². The van der Waals surface area contributed by atoms with Crippen LogP contribution in [0.25, 0.3) is 0 Å². The second kappa shape index (κ2) is 7.28. The van der Waals surface area contributed by atoms with Gasteiger partial charge in [-0.25, -0.2) is 8.42 Å². The van der Waals surface area contributed by atoms with E-state index in [1.165, 1.54) is 19.4 Å². The molecule has 0 saturated heterocycles. The van der Waals surface area contributed by atoms with Crippen LogP contribution < -0.4 is 5.32 Å². The number of rotatable bonds is 8. The van der Waals surface area contributed by atoms with Crippen LogP contribution >= 0.6 is 0 Å². The quantitative estimate of drug-likeness (QED) is 0.544. The molecule has 6 nitrogen and oxygen atoms in total. The van der Waals surface area contributed by atoms with Gasteiger partial charge in [0.2, 0.25) is 10.0 Å². The fourth-order valence-electron chi connectivity index (χ4n) is 1.49. The number of terminal acetylenes is 1. The van der Waals surface area contributed by atoms with Gasteiger partial charge in [0.25, 0.3) is 0 Å². The lowest BCUT2D eigenvalue weighted by Crippen LogP contribution is -2.27. The molecular weight excluding hydrogens is 264 g/mol. The second-order valence-electron chi connectivity index (χ2n) is 4.15. The summed E-state index contributed by atoms with van der Waals surface area (Å²) in [5.74, 6) is 2.31. The first kappa shape index (κ1) is 15.7. The lowest BCUT2D eigenvalue weighted by atomic mass is 10.5. The molecule has 0 saturated carbocycles. The molecule has 0 aromatic carbocycles. The predicted molar refractivity (Wildman–Crippen MR) is 74.0 cm³/mol. The van der Waals surface area contributed by atoms with Crippen molar-refractivity contribution in [2.75, 3.05) is 26.7 Å². The zero-order valence-corrected chi connectivity index (χ0v) is 12.2. The zero-order valence-electron chi connectivity index (χ0n) is 11.3. The topological polar surface area (TPSA) is 67.2 Å². The van der Waals surface area contributed by atoms with Crippen molar-refractivity contribution in [3.05, 3.63) is 12.4 Å². The molecule has 1 rings (SSSR count). The van der Waals surface area contributed by atoms with Crippen LogP contribution in [0.15, 0.2) is 17.3 Å². The summed E-state index contributed by atoms with van der Waals surface area (Å²) in [4.78, 5) is 0.167. The van der Waals surface area contributed by atoms with Crippen molar-refractivity contribution in [2.24, 2.45) is 0 Å². The van der Waals surface area contributed by atoms with Crippen LogP contribution in [0, 0.1) is 12.3 Å².